The topological polar surface area (TPSA) is 0 Å². The van der Waals surface area contributed by atoms with Gasteiger partial charge in [-0.15, -0.1) is 0 Å². The second-order valence-corrected chi connectivity index (χ2v) is 7.27. The summed E-state index contributed by atoms with van der Waals surface area (Å²) in [4.78, 5) is 0. The van der Waals surface area contributed by atoms with E-state index < -0.39 is 5.31 Å². The van der Waals surface area contributed by atoms with Gasteiger partial charge in [-0.2, -0.15) is 0 Å². The molecule has 0 saturated heterocycles. The smallest absolute Gasteiger partial charge is 0.0797 e. The predicted molar refractivity (Wildman–Crippen MR) is 89.9 cm³/mol. The number of hydrogen-bond donors (Lipinski definition) is 0. The van der Waals surface area contributed by atoms with Crippen molar-refractivity contribution < 1.29 is 0 Å². The summed E-state index contributed by atoms with van der Waals surface area (Å²) in [6.45, 7) is 8.52. The first-order valence-electron chi connectivity index (χ1n) is 7.19. The summed E-state index contributed by atoms with van der Waals surface area (Å²) in [5.41, 5.74) is 0.537. The lowest BCUT2D eigenvalue weighted by Gasteiger charge is -2.66. The first-order chi connectivity index (χ1) is 9.08. The Bertz CT molecular complexity index is 483. The van der Waals surface area contributed by atoms with Gasteiger partial charge >= 0.3 is 0 Å². The highest BCUT2D eigenvalue weighted by atomic mass is 14.6. The van der Waals surface area contributed by atoms with Crippen molar-refractivity contribution >= 4 is 31.4 Å². The van der Waals surface area contributed by atoms with Crippen LogP contribution in [0.1, 0.15) is 33.3 Å². The largest absolute Gasteiger partial charge is 0.0805 e. The molecule has 20 heavy (non-hydrogen) atoms. The Morgan fingerprint density at radius 3 is 1.80 bits per heavy atom. The number of benzene rings is 1. The molecular weight excluding hydrogens is 235 g/mol. The van der Waals surface area contributed by atoms with Crippen LogP contribution < -0.4 is 0 Å². The normalized spacial score (nSPS) is 39.3. The Morgan fingerprint density at radius 1 is 0.800 bits per heavy atom. The number of rotatable bonds is 1. The monoisotopic (exact) mass is 256 g/mol. The summed E-state index contributed by atoms with van der Waals surface area (Å²) in [6, 6.07) is 9.85. The summed E-state index contributed by atoms with van der Waals surface area (Å²) in [5, 5.41) is -0.820. The minimum atomic E-state index is -0.820. The Balaban J connectivity index is 2.60. The van der Waals surface area contributed by atoms with Gasteiger partial charge in [0, 0.05) is 0 Å². The lowest BCUT2D eigenvalue weighted by Crippen LogP contribution is -2.57. The molecule has 1 aliphatic carbocycles. The SMILES string of the molecule is [B]C1C([B])C(C)(C)C(C)(C)C([B])C1([B])c1ccccc1. The van der Waals surface area contributed by atoms with E-state index in [9.17, 15) is 0 Å². The molecule has 1 fully saturated rings. The quantitative estimate of drug-likeness (QED) is 0.677. The van der Waals surface area contributed by atoms with Crippen molar-refractivity contribution in [3.63, 3.8) is 0 Å². The molecule has 0 N–H and O–H groups in total. The molecule has 8 radical (unpaired) electrons. The second-order valence-electron chi connectivity index (χ2n) is 7.27. The van der Waals surface area contributed by atoms with Gasteiger partial charge in [-0.05, 0) is 10.8 Å². The van der Waals surface area contributed by atoms with Gasteiger partial charge in [0.1, 0.15) is 0 Å². The van der Waals surface area contributed by atoms with E-state index in [4.69, 9.17) is 31.4 Å². The van der Waals surface area contributed by atoms with Crippen molar-refractivity contribution in [1.82, 2.24) is 0 Å². The third kappa shape index (κ3) is 1.86. The highest BCUT2D eigenvalue weighted by Gasteiger charge is 2.58. The first-order valence-corrected chi connectivity index (χ1v) is 7.19. The summed E-state index contributed by atoms with van der Waals surface area (Å²) in [6.07, 6.45) is 0. The van der Waals surface area contributed by atoms with Crippen LogP contribution in [0.3, 0.4) is 0 Å². The molecule has 96 valence electrons. The van der Waals surface area contributed by atoms with Gasteiger partial charge in [0.05, 0.1) is 31.4 Å². The minimum absolute atomic E-state index is 0.191. The standard InChI is InChI=1S/C16H20B4/c1-14(2)11(17)12(18)16(20,13(19)15(14,3)4)10-8-6-5-7-9-10/h5-9,11-13H,1-4H3. The van der Waals surface area contributed by atoms with Crippen LogP contribution in [0, 0.1) is 10.8 Å². The van der Waals surface area contributed by atoms with E-state index in [-0.39, 0.29) is 28.3 Å². The molecule has 4 heteroatoms. The van der Waals surface area contributed by atoms with E-state index >= 15 is 0 Å². The van der Waals surface area contributed by atoms with Crippen LogP contribution in [0.2, 0.25) is 17.5 Å². The second kappa shape index (κ2) is 4.75. The Kier molecular flexibility index (Phi) is 3.77. The van der Waals surface area contributed by atoms with E-state index in [0.717, 1.165) is 5.56 Å². The van der Waals surface area contributed by atoms with Crippen LogP contribution in [0.15, 0.2) is 30.3 Å². The van der Waals surface area contributed by atoms with E-state index in [1.807, 2.05) is 30.3 Å². The molecule has 4 unspecified atom stereocenters. The summed E-state index contributed by atoms with van der Waals surface area (Å²) >= 11 is 0. The van der Waals surface area contributed by atoms with Crippen molar-refractivity contribution in [2.75, 3.05) is 0 Å². The molecular formula is C16H20B4. The van der Waals surface area contributed by atoms with Crippen LogP contribution >= 0.6 is 0 Å². The Morgan fingerprint density at radius 2 is 1.30 bits per heavy atom. The third-order valence-electron chi connectivity index (χ3n) is 6.00. The van der Waals surface area contributed by atoms with Crippen molar-refractivity contribution in [2.24, 2.45) is 10.8 Å². The molecule has 1 aromatic carbocycles. The Hall–Kier alpha value is -0.520. The van der Waals surface area contributed by atoms with Gasteiger partial charge in [0.25, 0.3) is 0 Å². The summed E-state index contributed by atoms with van der Waals surface area (Å²) in [5.74, 6) is -0.882. The van der Waals surface area contributed by atoms with Gasteiger partial charge in [0.15, 0.2) is 0 Å². The van der Waals surface area contributed by atoms with E-state index in [0.29, 0.717) is 0 Å². The van der Waals surface area contributed by atoms with Gasteiger partial charge in [0.2, 0.25) is 0 Å². The van der Waals surface area contributed by atoms with Crippen LogP contribution in [0.5, 0.6) is 0 Å². The molecule has 4 atom stereocenters. The maximum absolute atomic E-state index is 6.72. The van der Waals surface area contributed by atoms with Crippen LogP contribution in [0.4, 0.5) is 0 Å². The highest BCUT2D eigenvalue weighted by Crippen LogP contribution is 2.68. The molecule has 0 heterocycles. The zero-order valence-electron chi connectivity index (χ0n) is 12.9. The van der Waals surface area contributed by atoms with Crippen LogP contribution in [0.25, 0.3) is 0 Å². The van der Waals surface area contributed by atoms with E-state index in [1.54, 1.807) is 0 Å². The molecule has 2 rings (SSSR count). The maximum Gasteiger partial charge on any atom is 0.0797 e. The average Bonchev–Trinajstić information content (AvgIpc) is 2.43. The first kappa shape index (κ1) is 15.9. The predicted octanol–water partition coefficient (Wildman–Crippen LogP) is 2.99. The van der Waals surface area contributed by atoms with Crippen molar-refractivity contribution in [1.29, 1.82) is 0 Å². The summed E-state index contributed by atoms with van der Waals surface area (Å²) < 4.78 is 0. The van der Waals surface area contributed by atoms with Crippen molar-refractivity contribution in [3.05, 3.63) is 35.9 Å². The molecule has 0 spiro atoms. The molecule has 1 saturated carbocycles. The fourth-order valence-electron chi connectivity index (χ4n) is 3.48. The minimum Gasteiger partial charge on any atom is -0.0805 e. The van der Waals surface area contributed by atoms with Gasteiger partial charge in [-0.1, -0.05) is 86.4 Å². The molecule has 1 aliphatic rings. The van der Waals surface area contributed by atoms with Gasteiger partial charge < -0.3 is 0 Å². The highest BCUT2D eigenvalue weighted by molar-refractivity contribution is 6.33. The van der Waals surface area contributed by atoms with Crippen molar-refractivity contribution in [2.45, 2.75) is 50.5 Å². The zero-order chi connectivity index (χ0) is 15.3. The van der Waals surface area contributed by atoms with Crippen LogP contribution in [-0.2, 0) is 5.31 Å². The van der Waals surface area contributed by atoms with Gasteiger partial charge in [-0.25, -0.2) is 0 Å². The lowest BCUT2D eigenvalue weighted by atomic mass is 9.25. The molecule has 0 aliphatic heterocycles. The summed E-state index contributed by atoms with van der Waals surface area (Å²) in [7, 11) is 26.2. The third-order valence-corrected chi connectivity index (χ3v) is 6.00. The fourth-order valence-corrected chi connectivity index (χ4v) is 3.48. The zero-order valence-corrected chi connectivity index (χ0v) is 12.9. The maximum atomic E-state index is 6.72. The number of hydrogen-bond acceptors (Lipinski definition) is 0. The average molecular weight is 256 g/mol. The lowest BCUT2D eigenvalue weighted by molar-refractivity contribution is 0.0323. The Labute approximate surface area is 129 Å². The fraction of sp³-hybridized carbons (Fsp3) is 0.625. The van der Waals surface area contributed by atoms with E-state index in [2.05, 4.69) is 27.7 Å². The molecule has 0 nitrogen and oxygen atoms in total. The van der Waals surface area contributed by atoms with Crippen LogP contribution in [-0.4, -0.2) is 31.4 Å². The van der Waals surface area contributed by atoms with Gasteiger partial charge in [-0.3, -0.25) is 0 Å². The molecule has 0 amide bonds. The van der Waals surface area contributed by atoms with Crippen molar-refractivity contribution in [3.8, 4) is 0 Å². The molecule has 1 aromatic rings. The molecule has 0 bridgehead atoms. The molecule has 0 aromatic heterocycles. The van der Waals surface area contributed by atoms with E-state index in [1.165, 1.54) is 0 Å².